The molecule has 1 aliphatic heterocycles. The van der Waals surface area contributed by atoms with Gasteiger partial charge in [0.2, 0.25) is 5.91 Å². The summed E-state index contributed by atoms with van der Waals surface area (Å²) < 4.78 is 0. The molecule has 4 nitrogen and oxygen atoms in total. The lowest BCUT2D eigenvalue weighted by atomic mass is 9.75. The zero-order valence-electron chi connectivity index (χ0n) is 12.6. The van der Waals surface area contributed by atoms with Gasteiger partial charge in [0.15, 0.2) is 0 Å². The van der Waals surface area contributed by atoms with Crippen LogP contribution in [0.4, 0.5) is 0 Å². The lowest BCUT2D eigenvalue weighted by molar-refractivity contribution is -0.130. The number of amides is 1. The van der Waals surface area contributed by atoms with E-state index in [2.05, 4.69) is 24.3 Å². The average Bonchev–Trinajstić information content (AvgIpc) is 2.60. The van der Waals surface area contributed by atoms with Crippen molar-refractivity contribution in [3.05, 3.63) is 0 Å². The van der Waals surface area contributed by atoms with Crippen LogP contribution in [0.1, 0.15) is 44.9 Å². The van der Waals surface area contributed by atoms with Gasteiger partial charge in [0.1, 0.15) is 0 Å². The Morgan fingerprint density at radius 3 is 2.21 bits per heavy atom. The lowest BCUT2D eigenvalue weighted by Gasteiger charge is -2.47. The molecule has 2 fully saturated rings. The molecule has 0 atom stereocenters. The second kappa shape index (κ2) is 6.71. The third-order valence-corrected chi connectivity index (χ3v) is 4.92. The Morgan fingerprint density at radius 1 is 1.11 bits per heavy atom. The number of nitrogens with one attached hydrogen (secondary N) is 1. The van der Waals surface area contributed by atoms with Gasteiger partial charge in [-0.15, -0.1) is 0 Å². The highest BCUT2D eigenvalue weighted by Crippen LogP contribution is 2.35. The fourth-order valence-electron chi connectivity index (χ4n) is 3.20. The molecule has 0 unspecified atom stereocenters. The average molecular weight is 267 g/mol. The van der Waals surface area contributed by atoms with E-state index in [9.17, 15) is 4.79 Å². The first-order valence-electron chi connectivity index (χ1n) is 7.80. The zero-order valence-corrected chi connectivity index (χ0v) is 12.6. The van der Waals surface area contributed by atoms with E-state index in [1.54, 1.807) is 0 Å². The molecule has 0 aromatic heterocycles. The maximum atomic E-state index is 12.2. The van der Waals surface area contributed by atoms with Crippen LogP contribution in [0.5, 0.6) is 0 Å². The number of likely N-dealkylation sites (tertiary alicyclic amines) is 1. The van der Waals surface area contributed by atoms with E-state index < -0.39 is 0 Å². The molecule has 2 rings (SSSR count). The predicted molar refractivity (Wildman–Crippen MR) is 78.2 cm³/mol. The van der Waals surface area contributed by atoms with Crippen molar-refractivity contribution in [2.75, 3.05) is 40.3 Å². The second-order valence-electron chi connectivity index (χ2n) is 6.37. The number of likely N-dealkylation sites (N-methyl/N-ethyl adjacent to an activating group) is 1. The topological polar surface area (TPSA) is 35.6 Å². The first kappa shape index (κ1) is 14.8. The predicted octanol–water partition coefficient (Wildman–Crippen LogP) is 1.46. The smallest absolute Gasteiger partial charge is 0.236 e. The van der Waals surface area contributed by atoms with Crippen LogP contribution in [0.2, 0.25) is 0 Å². The molecule has 1 N–H and O–H groups in total. The van der Waals surface area contributed by atoms with E-state index in [0.717, 1.165) is 19.6 Å². The van der Waals surface area contributed by atoms with Gasteiger partial charge in [-0.2, -0.15) is 0 Å². The molecule has 0 aromatic carbocycles. The second-order valence-corrected chi connectivity index (χ2v) is 6.37. The molecule has 0 radical (unpaired) electrons. The summed E-state index contributed by atoms with van der Waals surface area (Å²) in [6.07, 6.45) is 8.73. The van der Waals surface area contributed by atoms with Crippen LogP contribution in [-0.4, -0.2) is 61.5 Å². The van der Waals surface area contributed by atoms with Crippen LogP contribution in [0.25, 0.3) is 0 Å². The van der Waals surface area contributed by atoms with Gasteiger partial charge in [-0.25, -0.2) is 0 Å². The molecule has 4 heteroatoms. The first-order chi connectivity index (χ1) is 9.14. The van der Waals surface area contributed by atoms with Gasteiger partial charge in [-0.1, -0.05) is 12.8 Å². The van der Waals surface area contributed by atoms with Crippen LogP contribution in [0.3, 0.4) is 0 Å². The van der Waals surface area contributed by atoms with E-state index in [1.165, 1.54) is 44.9 Å². The Hall–Kier alpha value is -0.610. The maximum Gasteiger partial charge on any atom is 0.236 e. The number of nitrogens with zero attached hydrogens (tertiary/aromatic N) is 2. The van der Waals surface area contributed by atoms with Crippen molar-refractivity contribution in [3.8, 4) is 0 Å². The van der Waals surface area contributed by atoms with E-state index >= 15 is 0 Å². The van der Waals surface area contributed by atoms with Crippen molar-refractivity contribution in [2.45, 2.75) is 50.5 Å². The minimum atomic E-state index is 0.287. The van der Waals surface area contributed by atoms with E-state index in [4.69, 9.17) is 0 Å². The molecule has 1 heterocycles. The Morgan fingerprint density at radius 2 is 1.74 bits per heavy atom. The van der Waals surface area contributed by atoms with Crippen LogP contribution in [0, 0.1) is 0 Å². The van der Waals surface area contributed by atoms with Gasteiger partial charge in [0.05, 0.1) is 6.54 Å². The molecule has 1 saturated carbocycles. The summed E-state index contributed by atoms with van der Waals surface area (Å²) in [5.41, 5.74) is 0.305. The standard InChI is InChI=1S/C15H29N3O/c1-17(2)15(8-7-9-15)13-16-12-14(19)18-10-5-3-4-6-11-18/h16H,3-13H2,1-2H3. The van der Waals surface area contributed by atoms with Crippen LogP contribution < -0.4 is 5.32 Å². The minimum absolute atomic E-state index is 0.287. The monoisotopic (exact) mass is 267 g/mol. The van der Waals surface area contributed by atoms with Crippen molar-refractivity contribution in [1.82, 2.24) is 15.1 Å². The summed E-state index contributed by atoms with van der Waals surface area (Å²) in [7, 11) is 4.30. The Bertz CT molecular complexity index is 292. The van der Waals surface area contributed by atoms with Crippen molar-refractivity contribution < 1.29 is 4.79 Å². The Kier molecular flexibility index (Phi) is 5.22. The summed E-state index contributed by atoms with van der Waals surface area (Å²) in [6.45, 7) is 3.37. The highest BCUT2D eigenvalue weighted by Gasteiger charge is 2.38. The summed E-state index contributed by atoms with van der Waals surface area (Å²) in [5, 5.41) is 3.39. The number of hydrogen-bond donors (Lipinski definition) is 1. The fraction of sp³-hybridized carbons (Fsp3) is 0.933. The molecule has 2 aliphatic rings. The first-order valence-corrected chi connectivity index (χ1v) is 7.80. The summed E-state index contributed by atoms with van der Waals surface area (Å²) >= 11 is 0. The van der Waals surface area contributed by atoms with Gasteiger partial charge in [0, 0.05) is 25.2 Å². The summed E-state index contributed by atoms with van der Waals surface area (Å²) in [5.74, 6) is 0.287. The third kappa shape index (κ3) is 3.69. The van der Waals surface area contributed by atoms with E-state index in [-0.39, 0.29) is 5.91 Å². The number of carbonyl (C=O) groups is 1. The highest BCUT2D eigenvalue weighted by molar-refractivity contribution is 5.78. The molecule has 0 spiro atoms. The number of hydrogen-bond acceptors (Lipinski definition) is 3. The van der Waals surface area contributed by atoms with Crippen LogP contribution in [0.15, 0.2) is 0 Å². The van der Waals surface area contributed by atoms with Crippen LogP contribution in [-0.2, 0) is 4.79 Å². The largest absolute Gasteiger partial charge is 0.342 e. The van der Waals surface area contributed by atoms with Gasteiger partial charge >= 0.3 is 0 Å². The zero-order chi connectivity index (χ0) is 13.7. The highest BCUT2D eigenvalue weighted by atomic mass is 16.2. The number of rotatable bonds is 5. The molecule has 19 heavy (non-hydrogen) atoms. The van der Waals surface area contributed by atoms with E-state index in [1.807, 2.05) is 4.90 Å². The Labute approximate surface area is 117 Å². The molecule has 0 aromatic rings. The summed E-state index contributed by atoms with van der Waals surface area (Å²) in [4.78, 5) is 16.5. The quantitative estimate of drug-likeness (QED) is 0.819. The molecule has 1 saturated heterocycles. The minimum Gasteiger partial charge on any atom is -0.342 e. The third-order valence-electron chi connectivity index (χ3n) is 4.92. The molecular weight excluding hydrogens is 238 g/mol. The molecule has 0 bridgehead atoms. The fourth-order valence-corrected chi connectivity index (χ4v) is 3.20. The van der Waals surface area contributed by atoms with Crippen molar-refractivity contribution in [3.63, 3.8) is 0 Å². The normalized spacial score (nSPS) is 23.0. The lowest BCUT2D eigenvalue weighted by Crippen LogP contribution is -2.57. The van der Waals surface area contributed by atoms with Crippen molar-refractivity contribution >= 4 is 5.91 Å². The van der Waals surface area contributed by atoms with Crippen molar-refractivity contribution in [1.29, 1.82) is 0 Å². The van der Waals surface area contributed by atoms with Gasteiger partial charge in [0.25, 0.3) is 0 Å². The summed E-state index contributed by atoms with van der Waals surface area (Å²) in [6, 6.07) is 0. The maximum absolute atomic E-state index is 12.2. The molecular formula is C15H29N3O. The van der Waals surface area contributed by atoms with Crippen molar-refractivity contribution in [2.24, 2.45) is 0 Å². The van der Waals surface area contributed by atoms with Gasteiger partial charge < -0.3 is 15.1 Å². The molecule has 1 amide bonds. The SMILES string of the molecule is CN(C)C1(CNCC(=O)N2CCCCCC2)CCC1. The molecule has 1 aliphatic carbocycles. The van der Waals surface area contributed by atoms with E-state index in [0.29, 0.717) is 12.1 Å². The number of carbonyl (C=O) groups excluding carboxylic acids is 1. The Balaban J connectivity index is 1.71. The van der Waals surface area contributed by atoms with Gasteiger partial charge in [-0.05, 0) is 46.2 Å². The van der Waals surface area contributed by atoms with Crippen LogP contribution >= 0.6 is 0 Å². The van der Waals surface area contributed by atoms with Gasteiger partial charge in [-0.3, -0.25) is 4.79 Å². The molecule has 110 valence electrons.